The third-order valence-electron chi connectivity index (χ3n) is 2.81. The van der Waals surface area contributed by atoms with E-state index in [2.05, 4.69) is 27.8 Å². The van der Waals surface area contributed by atoms with Crippen molar-refractivity contribution in [1.82, 2.24) is 9.80 Å². The molecule has 5 heteroatoms. The first-order chi connectivity index (χ1) is 8.93. The molecule has 1 amide bonds. The van der Waals surface area contributed by atoms with Crippen LogP contribution in [0.1, 0.15) is 18.9 Å². The van der Waals surface area contributed by atoms with Gasteiger partial charge in [0.1, 0.15) is 5.82 Å². The minimum Gasteiger partial charge on any atom is -0.348 e. The van der Waals surface area contributed by atoms with Crippen LogP contribution in [0.15, 0.2) is 22.7 Å². The van der Waals surface area contributed by atoms with Gasteiger partial charge in [0.2, 0.25) is 5.91 Å². The lowest BCUT2D eigenvalue weighted by Gasteiger charge is -2.23. The van der Waals surface area contributed by atoms with Crippen molar-refractivity contribution in [3.63, 3.8) is 0 Å². The predicted octanol–water partition coefficient (Wildman–Crippen LogP) is 2.89. The van der Waals surface area contributed by atoms with Gasteiger partial charge in [-0.15, -0.1) is 0 Å². The van der Waals surface area contributed by atoms with E-state index in [1.165, 1.54) is 12.1 Å². The van der Waals surface area contributed by atoms with Gasteiger partial charge in [-0.2, -0.15) is 0 Å². The summed E-state index contributed by atoms with van der Waals surface area (Å²) in [5.74, 6) is -0.186. The van der Waals surface area contributed by atoms with Crippen LogP contribution in [0.3, 0.4) is 0 Å². The van der Waals surface area contributed by atoms with E-state index < -0.39 is 0 Å². The molecule has 1 rings (SSSR count). The second-order valence-corrected chi connectivity index (χ2v) is 5.59. The molecular weight excluding hydrogens is 311 g/mol. The highest BCUT2D eigenvalue weighted by Gasteiger charge is 2.13. The Kier molecular flexibility index (Phi) is 6.45. The predicted molar refractivity (Wildman–Crippen MR) is 78.4 cm³/mol. The molecule has 0 spiro atoms. The van der Waals surface area contributed by atoms with Crippen LogP contribution in [-0.4, -0.2) is 42.9 Å². The molecule has 0 heterocycles. The zero-order chi connectivity index (χ0) is 14.4. The van der Waals surface area contributed by atoms with Gasteiger partial charge >= 0.3 is 0 Å². The van der Waals surface area contributed by atoms with E-state index in [-0.39, 0.29) is 11.7 Å². The molecule has 0 aliphatic carbocycles. The quantitative estimate of drug-likeness (QED) is 0.800. The smallest absolute Gasteiger partial charge is 0.236 e. The van der Waals surface area contributed by atoms with Crippen LogP contribution in [0.4, 0.5) is 4.39 Å². The van der Waals surface area contributed by atoms with E-state index >= 15 is 0 Å². The van der Waals surface area contributed by atoms with E-state index in [4.69, 9.17) is 0 Å². The normalized spacial score (nSPS) is 10.8. The number of benzene rings is 1. The first kappa shape index (κ1) is 16.1. The van der Waals surface area contributed by atoms with Crippen molar-refractivity contribution in [2.45, 2.75) is 19.9 Å². The summed E-state index contributed by atoms with van der Waals surface area (Å²) >= 11 is 3.36. The Hall–Kier alpha value is -0.940. The molecule has 0 radical (unpaired) electrons. The second kappa shape index (κ2) is 7.60. The lowest BCUT2D eigenvalue weighted by molar-refractivity contribution is -0.130. The lowest BCUT2D eigenvalue weighted by atomic mass is 10.2. The summed E-state index contributed by atoms with van der Waals surface area (Å²) in [7, 11) is 3.50. The molecule has 0 N–H and O–H groups in total. The zero-order valence-electron chi connectivity index (χ0n) is 11.6. The Balaban J connectivity index is 2.74. The fourth-order valence-corrected chi connectivity index (χ4v) is 2.23. The van der Waals surface area contributed by atoms with Gasteiger partial charge in [-0.25, -0.2) is 4.39 Å². The van der Waals surface area contributed by atoms with Crippen molar-refractivity contribution in [1.29, 1.82) is 0 Å². The molecule has 0 aromatic heterocycles. The molecule has 3 nitrogen and oxygen atoms in total. The molecule has 0 atom stereocenters. The van der Waals surface area contributed by atoms with E-state index in [1.54, 1.807) is 25.1 Å². The Labute approximate surface area is 122 Å². The number of nitrogens with zero attached hydrogens (tertiary/aromatic N) is 2. The molecule has 0 aliphatic heterocycles. The number of amides is 1. The highest BCUT2D eigenvalue weighted by atomic mass is 79.9. The highest BCUT2D eigenvalue weighted by Crippen LogP contribution is 2.19. The number of hydrogen-bond donors (Lipinski definition) is 0. The van der Waals surface area contributed by atoms with E-state index in [0.29, 0.717) is 13.1 Å². The SMILES string of the molecule is CCCN(CC(=O)N(C)C)Cc1ccc(F)cc1Br. The molecule has 106 valence electrons. The van der Waals surface area contributed by atoms with Gasteiger partial charge < -0.3 is 4.90 Å². The summed E-state index contributed by atoms with van der Waals surface area (Å²) in [5, 5.41) is 0. The van der Waals surface area contributed by atoms with Crippen LogP contribution in [0, 0.1) is 5.82 Å². The molecular formula is C14H20BrFN2O. The fraction of sp³-hybridized carbons (Fsp3) is 0.500. The summed E-state index contributed by atoms with van der Waals surface area (Å²) in [5.41, 5.74) is 0.987. The largest absolute Gasteiger partial charge is 0.348 e. The molecule has 1 aromatic carbocycles. The molecule has 1 aromatic rings. The Morgan fingerprint density at radius 2 is 2.05 bits per heavy atom. The third kappa shape index (κ3) is 5.28. The molecule has 0 saturated carbocycles. The third-order valence-corrected chi connectivity index (χ3v) is 3.54. The first-order valence-corrected chi connectivity index (χ1v) is 7.09. The Bertz CT molecular complexity index is 437. The minimum absolute atomic E-state index is 0.0756. The average Bonchev–Trinajstić information content (AvgIpc) is 2.32. The number of hydrogen-bond acceptors (Lipinski definition) is 2. The number of halogens is 2. The van der Waals surface area contributed by atoms with Gasteiger partial charge in [-0.05, 0) is 30.7 Å². The van der Waals surface area contributed by atoms with E-state index in [0.717, 1.165) is 23.0 Å². The van der Waals surface area contributed by atoms with Crippen molar-refractivity contribution in [3.05, 3.63) is 34.1 Å². The van der Waals surface area contributed by atoms with Crippen LogP contribution >= 0.6 is 15.9 Å². The minimum atomic E-state index is -0.262. The maximum absolute atomic E-state index is 13.0. The first-order valence-electron chi connectivity index (χ1n) is 6.30. The molecule has 0 saturated heterocycles. The zero-order valence-corrected chi connectivity index (χ0v) is 13.2. The topological polar surface area (TPSA) is 23.6 Å². The van der Waals surface area contributed by atoms with Crippen molar-refractivity contribution in [3.8, 4) is 0 Å². The van der Waals surface area contributed by atoms with Crippen LogP contribution < -0.4 is 0 Å². The van der Waals surface area contributed by atoms with Crippen molar-refractivity contribution in [2.24, 2.45) is 0 Å². The maximum atomic E-state index is 13.0. The van der Waals surface area contributed by atoms with Crippen LogP contribution in [-0.2, 0) is 11.3 Å². The van der Waals surface area contributed by atoms with Gasteiger partial charge in [-0.3, -0.25) is 9.69 Å². The molecule has 0 unspecified atom stereocenters. The number of carbonyl (C=O) groups excluding carboxylic acids is 1. The Morgan fingerprint density at radius 1 is 1.37 bits per heavy atom. The monoisotopic (exact) mass is 330 g/mol. The summed E-state index contributed by atoms with van der Waals surface area (Å²) < 4.78 is 13.8. The Morgan fingerprint density at radius 3 is 2.58 bits per heavy atom. The second-order valence-electron chi connectivity index (χ2n) is 4.73. The van der Waals surface area contributed by atoms with Gasteiger partial charge in [-0.1, -0.05) is 28.9 Å². The van der Waals surface area contributed by atoms with Gasteiger partial charge in [0.25, 0.3) is 0 Å². The summed E-state index contributed by atoms with van der Waals surface area (Å²) in [6, 6.07) is 4.65. The molecule has 0 fully saturated rings. The van der Waals surface area contributed by atoms with Gasteiger partial charge in [0.15, 0.2) is 0 Å². The number of likely N-dealkylation sites (N-methyl/N-ethyl adjacent to an activating group) is 1. The van der Waals surface area contributed by atoms with Crippen molar-refractivity contribution < 1.29 is 9.18 Å². The van der Waals surface area contributed by atoms with Gasteiger partial charge in [0.05, 0.1) is 6.54 Å². The van der Waals surface area contributed by atoms with Gasteiger partial charge in [0, 0.05) is 25.1 Å². The van der Waals surface area contributed by atoms with E-state index in [9.17, 15) is 9.18 Å². The van der Waals surface area contributed by atoms with Crippen LogP contribution in [0.5, 0.6) is 0 Å². The van der Waals surface area contributed by atoms with Crippen LogP contribution in [0.2, 0.25) is 0 Å². The summed E-state index contributed by atoms with van der Waals surface area (Å²) in [6.45, 7) is 3.93. The molecule has 0 bridgehead atoms. The highest BCUT2D eigenvalue weighted by molar-refractivity contribution is 9.10. The van der Waals surface area contributed by atoms with Crippen molar-refractivity contribution in [2.75, 3.05) is 27.2 Å². The summed E-state index contributed by atoms with van der Waals surface area (Å²) in [6.07, 6.45) is 0.972. The summed E-state index contributed by atoms with van der Waals surface area (Å²) in [4.78, 5) is 15.4. The number of carbonyl (C=O) groups is 1. The average molecular weight is 331 g/mol. The molecule has 0 aliphatic rings. The van der Waals surface area contributed by atoms with E-state index in [1.807, 2.05) is 0 Å². The maximum Gasteiger partial charge on any atom is 0.236 e. The standard InChI is InChI=1S/C14H20BrFN2O/c1-4-7-18(10-14(19)17(2)3)9-11-5-6-12(16)8-13(11)15/h5-6,8H,4,7,9-10H2,1-3H3. The fourth-order valence-electron chi connectivity index (χ4n) is 1.75. The van der Waals surface area contributed by atoms with Crippen molar-refractivity contribution >= 4 is 21.8 Å². The van der Waals surface area contributed by atoms with Crippen LogP contribution in [0.25, 0.3) is 0 Å². The molecule has 19 heavy (non-hydrogen) atoms. The number of rotatable bonds is 6. The lowest BCUT2D eigenvalue weighted by Crippen LogP contribution is -2.36.